The van der Waals surface area contributed by atoms with E-state index in [2.05, 4.69) is 48.1 Å². The van der Waals surface area contributed by atoms with Crippen molar-refractivity contribution >= 4 is 0 Å². The van der Waals surface area contributed by atoms with Crippen LogP contribution in [0.25, 0.3) is 0 Å². The van der Waals surface area contributed by atoms with E-state index in [4.69, 9.17) is 0 Å². The quantitative estimate of drug-likeness (QED) is 0.882. The summed E-state index contributed by atoms with van der Waals surface area (Å²) in [4.78, 5) is 6.75. The summed E-state index contributed by atoms with van der Waals surface area (Å²) in [6.07, 6.45) is 6.14. The maximum absolute atomic E-state index is 4.08. The van der Waals surface area contributed by atoms with Gasteiger partial charge in [-0.05, 0) is 36.5 Å². The van der Waals surface area contributed by atoms with Crippen molar-refractivity contribution in [3.63, 3.8) is 0 Å². The van der Waals surface area contributed by atoms with Crippen LogP contribution >= 0.6 is 0 Å². The zero-order valence-corrected chi connectivity index (χ0v) is 12.5. The Hall–Kier alpha value is -0.930. The van der Waals surface area contributed by atoms with E-state index < -0.39 is 0 Å². The van der Waals surface area contributed by atoms with Crippen molar-refractivity contribution in [2.75, 3.05) is 19.6 Å². The zero-order chi connectivity index (χ0) is 13.7. The molecule has 1 aliphatic heterocycles. The third kappa shape index (κ3) is 4.02. The minimum atomic E-state index is 0.639. The van der Waals surface area contributed by atoms with Crippen LogP contribution in [0.4, 0.5) is 0 Å². The highest BCUT2D eigenvalue weighted by Gasteiger charge is 2.27. The van der Waals surface area contributed by atoms with Crippen LogP contribution in [0.5, 0.6) is 0 Å². The molecule has 0 aliphatic carbocycles. The highest BCUT2D eigenvalue weighted by atomic mass is 15.2. The summed E-state index contributed by atoms with van der Waals surface area (Å²) in [6.45, 7) is 10.4. The lowest BCUT2D eigenvalue weighted by atomic mass is 9.98. The van der Waals surface area contributed by atoms with Crippen molar-refractivity contribution in [1.82, 2.24) is 15.2 Å². The zero-order valence-electron chi connectivity index (χ0n) is 12.5. The molecule has 1 N–H and O–H groups in total. The van der Waals surface area contributed by atoms with E-state index in [0.29, 0.717) is 18.0 Å². The smallest absolute Gasteiger partial charge is 0.0270 e. The summed E-state index contributed by atoms with van der Waals surface area (Å²) in [7, 11) is 0. The van der Waals surface area contributed by atoms with Gasteiger partial charge in [0.05, 0.1) is 0 Å². The van der Waals surface area contributed by atoms with Gasteiger partial charge in [0.25, 0.3) is 0 Å². The second-order valence-corrected chi connectivity index (χ2v) is 5.92. The van der Waals surface area contributed by atoms with Crippen molar-refractivity contribution in [1.29, 1.82) is 0 Å². The van der Waals surface area contributed by atoms with Crippen LogP contribution in [0.1, 0.15) is 32.8 Å². The van der Waals surface area contributed by atoms with E-state index in [0.717, 1.165) is 19.5 Å². The molecule has 2 rings (SSSR count). The van der Waals surface area contributed by atoms with Crippen LogP contribution in [0.2, 0.25) is 0 Å². The Kier molecular flexibility index (Phi) is 5.34. The fourth-order valence-corrected chi connectivity index (χ4v) is 2.83. The van der Waals surface area contributed by atoms with E-state index in [9.17, 15) is 0 Å². The number of hydrogen-bond acceptors (Lipinski definition) is 3. The average Bonchev–Trinajstić information content (AvgIpc) is 2.45. The Bertz CT molecular complexity index is 364. The van der Waals surface area contributed by atoms with Gasteiger partial charge in [0, 0.05) is 44.1 Å². The molecule has 1 aliphatic rings. The second kappa shape index (κ2) is 7.01. The molecule has 3 heteroatoms. The molecule has 1 fully saturated rings. The Balaban J connectivity index is 1.91. The molecule has 0 saturated carbocycles. The average molecular weight is 261 g/mol. The molecule has 0 amide bonds. The summed E-state index contributed by atoms with van der Waals surface area (Å²) >= 11 is 0. The van der Waals surface area contributed by atoms with Gasteiger partial charge in [0.15, 0.2) is 0 Å². The predicted molar refractivity (Wildman–Crippen MR) is 80.2 cm³/mol. The maximum Gasteiger partial charge on any atom is 0.0270 e. The molecule has 2 atom stereocenters. The van der Waals surface area contributed by atoms with Crippen molar-refractivity contribution < 1.29 is 0 Å². The van der Waals surface area contributed by atoms with E-state index in [-0.39, 0.29) is 0 Å². The van der Waals surface area contributed by atoms with Gasteiger partial charge < -0.3 is 5.32 Å². The Morgan fingerprint density at radius 2 is 2.11 bits per heavy atom. The van der Waals surface area contributed by atoms with Gasteiger partial charge >= 0.3 is 0 Å². The van der Waals surface area contributed by atoms with E-state index in [1.54, 1.807) is 0 Å². The number of nitrogens with one attached hydrogen (secondary N) is 1. The number of pyridine rings is 1. The van der Waals surface area contributed by atoms with E-state index >= 15 is 0 Å². The lowest BCUT2D eigenvalue weighted by Gasteiger charge is -2.41. The SMILES string of the molecule is CCC1CNC(C(C)C)CN1CCc1ccncc1. The second-order valence-electron chi connectivity index (χ2n) is 5.92. The van der Waals surface area contributed by atoms with Crippen LogP contribution in [-0.2, 0) is 6.42 Å². The van der Waals surface area contributed by atoms with Crippen molar-refractivity contribution in [2.45, 2.75) is 45.7 Å². The monoisotopic (exact) mass is 261 g/mol. The number of rotatable bonds is 5. The Morgan fingerprint density at radius 1 is 1.37 bits per heavy atom. The van der Waals surface area contributed by atoms with Crippen LogP contribution in [0.3, 0.4) is 0 Å². The maximum atomic E-state index is 4.08. The van der Waals surface area contributed by atoms with Gasteiger partial charge in [-0.25, -0.2) is 0 Å². The molecule has 0 radical (unpaired) electrons. The van der Waals surface area contributed by atoms with Crippen LogP contribution in [-0.4, -0.2) is 41.6 Å². The molecule has 3 nitrogen and oxygen atoms in total. The molecule has 106 valence electrons. The summed E-state index contributed by atoms with van der Waals surface area (Å²) in [5.74, 6) is 0.709. The fourth-order valence-electron chi connectivity index (χ4n) is 2.83. The number of aromatic nitrogens is 1. The van der Waals surface area contributed by atoms with Gasteiger partial charge in [-0.1, -0.05) is 20.8 Å². The molecular formula is C16H27N3. The topological polar surface area (TPSA) is 28.2 Å². The van der Waals surface area contributed by atoms with E-state index in [1.165, 1.54) is 18.5 Å². The third-order valence-corrected chi connectivity index (χ3v) is 4.28. The van der Waals surface area contributed by atoms with Gasteiger partial charge in [0.2, 0.25) is 0 Å². The molecule has 2 heterocycles. The van der Waals surface area contributed by atoms with E-state index in [1.807, 2.05) is 12.4 Å². The molecule has 1 saturated heterocycles. The van der Waals surface area contributed by atoms with Gasteiger partial charge in [0.1, 0.15) is 0 Å². The first kappa shape index (κ1) is 14.5. The number of hydrogen-bond donors (Lipinski definition) is 1. The highest BCUT2D eigenvalue weighted by Crippen LogP contribution is 2.15. The fraction of sp³-hybridized carbons (Fsp3) is 0.688. The first-order valence-electron chi connectivity index (χ1n) is 7.57. The van der Waals surface area contributed by atoms with Crippen LogP contribution < -0.4 is 5.32 Å². The minimum Gasteiger partial charge on any atom is -0.311 e. The van der Waals surface area contributed by atoms with Gasteiger partial charge in [-0.2, -0.15) is 0 Å². The lowest BCUT2D eigenvalue weighted by Crippen LogP contribution is -2.58. The molecular weight excluding hydrogens is 234 g/mol. The predicted octanol–water partition coefficient (Wildman–Crippen LogP) is 2.33. The van der Waals surface area contributed by atoms with Crippen molar-refractivity contribution in [3.05, 3.63) is 30.1 Å². The molecule has 19 heavy (non-hydrogen) atoms. The molecule has 1 aromatic rings. The standard InChI is InChI=1S/C16H27N3/c1-4-15-11-18-16(13(2)3)12-19(15)10-7-14-5-8-17-9-6-14/h5-6,8-9,13,15-16,18H,4,7,10-12H2,1-3H3. The number of piperazine rings is 1. The van der Waals surface area contributed by atoms with Crippen molar-refractivity contribution in [3.8, 4) is 0 Å². The third-order valence-electron chi connectivity index (χ3n) is 4.28. The normalized spacial score (nSPS) is 24.8. The summed E-state index contributed by atoms with van der Waals surface area (Å²) in [5, 5.41) is 3.70. The molecule has 0 aromatic carbocycles. The number of nitrogens with zero attached hydrogens (tertiary/aromatic N) is 2. The Labute approximate surface area is 117 Å². The summed E-state index contributed by atoms with van der Waals surface area (Å²) in [6, 6.07) is 5.59. The molecule has 1 aromatic heterocycles. The Morgan fingerprint density at radius 3 is 2.74 bits per heavy atom. The van der Waals surface area contributed by atoms with Crippen molar-refractivity contribution in [2.24, 2.45) is 5.92 Å². The highest BCUT2D eigenvalue weighted by molar-refractivity contribution is 5.10. The van der Waals surface area contributed by atoms with Crippen LogP contribution in [0.15, 0.2) is 24.5 Å². The molecule has 2 unspecified atom stereocenters. The van der Waals surface area contributed by atoms with Gasteiger partial charge in [-0.15, -0.1) is 0 Å². The van der Waals surface area contributed by atoms with Crippen LogP contribution in [0, 0.1) is 5.92 Å². The first-order valence-corrected chi connectivity index (χ1v) is 7.57. The first-order chi connectivity index (χ1) is 9.20. The molecule has 0 spiro atoms. The van der Waals surface area contributed by atoms with Gasteiger partial charge in [-0.3, -0.25) is 9.88 Å². The summed E-state index contributed by atoms with van der Waals surface area (Å²) in [5.41, 5.74) is 1.39. The molecule has 0 bridgehead atoms. The summed E-state index contributed by atoms with van der Waals surface area (Å²) < 4.78 is 0. The lowest BCUT2D eigenvalue weighted by molar-refractivity contribution is 0.112. The minimum absolute atomic E-state index is 0.639. The largest absolute Gasteiger partial charge is 0.311 e.